The zero-order valence-electron chi connectivity index (χ0n) is 21.4. The molecule has 5 rings (SSSR count). The first-order valence-electron chi connectivity index (χ1n) is 12.4. The Bertz CT molecular complexity index is 1630. The number of anilines is 3. The number of rotatable bonds is 9. The van der Waals surface area contributed by atoms with Crippen LogP contribution in [0.25, 0.3) is 0 Å². The van der Waals surface area contributed by atoms with E-state index in [9.17, 15) is 18.0 Å². The fourth-order valence-electron chi connectivity index (χ4n) is 3.86. The van der Waals surface area contributed by atoms with Crippen LogP contribution >= 0.6 is 0 Å². The van der Waals surface area contributed by atoms with E-state index in [0.29, 0.717) is 18.4 Å². The highest BCUT2D eigenvalue weighted by molar-refractivity contribution is 6.18. The first-order chi connectivity index (χ1) is 19.8. The number of aliphatic imine (C=N–C) groups is 1. The Hall–Kier alpha value is -5.36. The number of nitrogens with zero attached hydrogens (tertiary/aromatic N) is 2. The Balaban J connectivity index is 1.37. The standard InChI is InChI=1S/C29H24F3N7O2/c30-18-6-8-24(22(31)12-18)38-28(40)21-16-36-29(35-15-17-4-2-1-3-5-17)39-27(21)37-19-7-9-25(23(32)13-19)41-20-10-11-34-26(33)14-20/h1-14,16,29,35,37,39H,15H2,(H2,33,34)(H,38,40). The summed E-state index contributed by atoms with van der Waals surface area (Å²) in [7, 11) is 0. The van der Waals surface area contributed by atoms with Gasteiger partial charge in [-0.05, 0) is 35.9 Å². The maximum absolute atomic E-state index is 15.0. The molecule has 1 aromatic heterocycles. The number of hydrogen-bond donors (Lipinski definition) is 5. The van der Waals surface area contributed by atoms with Crippen molar-refractivity contribution in [2.24, 2.45) is 4.99 Å². The molecule has 1 aliphatic heterocycles. The summed E-state index contributed by atoms with van der Waals surface area (Å²) >= 11 is 0. The molecule has 0 aliphatic carbocycles. The summed E-state index contributed by atoms with van der Waals surface area (Å²) < 4.78 is 48.0. The van der Waals surface area contributed by atoms with Gasteiger partial charge < -0.3 is 26.4 Å². The summed E-state index contributed by atoms with van der Waals surface area (Å²) in [6, 6.07) is 19.5. The normalized spacial score (nSPS) is 14.4. The molecule has 3 aromatic carbocycles. The molecule has 208 valence electrons. The van der Waals surface area contributed by atoms with Gasteiger partial charge in [-0.25, -0.2) is 18.2 Å². The predicted molar refractivity (Wildman–Crippen MR) is 149 cm³/mol. The minimum absolute atomic E-state index is 0.000480. The Kier molecular flexibility index (Phi) is 8.11. The number of pyridine rings is 1. The maximum Gasteiger partial charge on any atom is 0.260 e. The molecule has 0 spiro atoms. The summed E-state index contributed by atoms with van der Waals surface area (Å²) in [5.41, 5.74) is 6.72. The number of nitrogens with two attached hydrogens (primary N) is 1. The second-order valence-electron chi connectivity index (χ2n) is 8.85. The number of hydrogen-bond acceptors (Lipinski definition) is 8. The molecule has 1 unspecified atom stereocenters. The summed E-state index contributed by atoms with van der Waals surface area (Å²) in [6.07, 6.45) is 2.09. The highest BCUT2D eigenvalue weighted by atomic mass is 19.1. The van der Waals surface area contributed by atoms with Crippen LogP contribution < -0.4 is 31.7 Å². The van der Waals surface area contributed by atoms with E-state index in [1.807, 2.05) is 30.3 Å². The van der Waals surface area contributed by atoms with Crippen molar-refractivity contribution >= 4 is 29.3 Å². The largest absolute Gasteiger partial charge is 0.454 e. The van der Waals surface area contributed by atoms with E-state index < -0.39 is 29.6 Å². The van der Waals surface area contributed by atoms with E-state index in [-0.39, 0.29) is 34.3 Å². The summed E-state index contributed by atoms with van der Waals surface area (Å²) in [6.45, 7) is 0.464. The molecule has 0 fully saturated rings. The summed E-state index contributed by atoms with van der Waals surface area (Å²) in [5.74, 6) is -2.49. The van der Waals surface area contributed by atoms with Crippen molar-refractivity contribution in [3.05, 3.63) is 119 Å². The molecule has 1 amide bonds. The van der Waals surface area contributed by atoms with Gasteiger partial charge in [0.15, 0.2) is 17.9 Å². The highest BCUT2D eigenvalue weighted by Crippen LogP contribution is 2.28. The number of nitrogens with one attached hydrogen (secondary N) is 4. The molecule has 1 atom stereocenters. The zero-order chi connectivity index (χ0) is 28.8. The summed E-state index contributed by atoms with van der Waals surface area (Å²) in [4.78, 5) is 21.3. The second-order valence-corrected chi connectivity index (χ2v) is 8.85. The van der Waals surface area contributed by atoms with Gasteiger partial charge in [0.2, 0.25) is 0 Å². The quantitative estimate of drug-likeness (QED) is 0.198. The van der Waals surface area contributed by atoms with E-state index in [1.165, 1.54) is 36.7 Å². The van der Waals surface area contributed by atoms with Gasteiger partial charge in [0.1, 0.15) is 29.0 Å². The number of halogens is 3. The molecule has 0 radical (unpaired) electrons. The average Bonchev–Trinajstić information content (AvgIpc) is 2.95. The molecule has 1 aliphatic rings. The molecule has 12 heteroatoms. The number of carbonyl (C=O) groups is 1. The maximum atomic E-state index is 15.0. The van der Waals surface area contributed by atoms with Gasteiger partial charge >= 0.3 is 0 Å². The van der Waals surface area contributed by atoms with Crippen LogP contribution in [0.4, 0.5) is 30.4 Å². The van der Waals surface area contributed by atoms with Crippen molar-refractivity contribution in [1.82, 2.24) is 15.6 Å². The molecular formula is C29H24F3N7O2. The highest BCUT2D eigenvalue weighted by Gasteiger charge is 2.23. The monoisotopic (exact) mass is 559 g/mol. The molecule has 2 heterocycles. The Labute approximate surface area is 233 Å². The van der Waals surface area contributed by atoms with Crippen LogP contribution in [-0.2, 0) is 11.3 Å². The average molecular weight is 560 g/mol. The third-order valence-electron chi connectivity index (χ3n) is 5.85. The lowest BCUT2D eigenvalue weighted by Crippen LogP contribution is -2.45. The third-order valence-corrected chi connectivity index (χ3v) is 5.85. The smallest absolute Gasteiger partial charge is 0.260 e. The number of amides is 1. The first-order valence-corrected chi connectivity index (χ1v) is 12.4. The van der Waals surface area contributed by atoms with Gasteiger partial charge in [-0.15, -0.1) is 0 Å². The van der Waals surface area contributed by atoms with Crippen molar-refractivity contribution in [1.29, 1.82) is 0 Å². The number of ether oxygens (including phenoxy) is 1. The molecule has 9 nitrogen and oxygen atoms in total. The fourth-order valence-corrected chi connectivity index (χ4v) is 3.86. The zero-order valence-corrected chi connectivity index (χ0v) is 21.4. The predicted octanol–water partition coefficient (Wildman–Crippen LogP) is 4.88. The van der Waals surface area contributed by atoms with E-state index >= 15 is 0 Å². The van der Waals surface area contributed by atoms with E-state index in [0.717, 1.165) is 17.7 Å². The third kappa shape index (κ3) is 6.99. The van der Waals surface area contributed by atoms with Gasteiger partial charge in [0.25, 0.3) is 5.91 Å². The van der Waals surface area contributed by atoms with Gasteiger partial charge in [-0.2, -0.15) is 0 Å². The topological polar surface area (TPSA) is 126 Å². The lowest BCUT2D eigenvalue weighted by molar-refractivity contribution is -0.112. The van der Waals surface area contributed by atoms with E-state index in [1.54, 1.807) is 6.07 Å². The lowest BCUT2D eigenvalue weighted by atomic mass is 10.2. The molecule has 0 saturated carbocycles. The Morgan fingerprint density at radius 1 is 0.976 bits per heavy atom. The van der Waals surface area contributed by atoms with Crippen LogP contribution in [0, 0.1) is 17.5 Å². The van der Waals surface area contributed by atoms with Gasteiger partial charge in [-0.3, -0.25) is 15.1 Å². The molecule has 41 heavy (non-hydrogen) atoms. The molecule has 4 aromatic rings. The molecule has 0 saturated heterocycles. The van der Waals surface area contributed by atoms with Gasteiger partial charge in [-0.1, -0.05) is 30.3 Å². The number of nitrogen functional groups attached to an aromatic ring is 1. The van der Waals surface area contributed by atoms with Crippen LogP contribution in [0.3, 0.4) is 0 Å². The number of aromatic nitrogens is 1. The minimum Gasteiger partial charge on any atom is -0.454 e. The molecule has 6 N–H and O–H groups in total. The first kappa shape index (κ1) is 27.2. The SMILES string of the molecule is Nc1cc(Oc2ccc(NC3=C(C(=O)Nc4ccc(F)cc4F)C=NC(NCc4ccccc4)N3)cc2F)ccn1. The van der Waals surface area contributed by atoms with Crippen molar-refractivity contribution in [2.45, 2.75) is 12.8 Å². The van der Waals surface area contributed by atoms with Crippen molar-refractivity contribution in [2.75, 3.05) is 16.4 Å². The minimum atomic E-state index is -0.940. The van der Waals surface area contributed by atoms with Crippen LogP contribution in [0.5, 0.6) is 11.5 Å². The van der Waals surface area contributed by atoms with Crippen LogP contribution in [0.15, 0.2) is 101 Å². The van der Waals surface area contributed by atoms with Crippen molar-refractivity contribution in [3.63, 3.8) is 0 Å². The lowest BCUT2D eigenvalue weighted by Gasteiger charge is -2.26. The van der Waals surface area contributed by atoms with Crippen molar-refractivity contribution in [3.8, 4) is 11.5 Å². The number of carbonyl (C=O) groups excluding carboxylic acids is 1. The van der Waals surface area contributed by atoms with E-state index in [2.05, 4.69) is 31.2 Å². The van der Waals surface area contributed by atoms with Crippen LogP contribution in [0.1, 0.15) is 5.56 Å². The number of benzene rings is 3. The van der Waals surface area contributed by atoms with E-state index in [4.69, 9.17) is 10.5 Å². The summed E-state index contributed by atoms with van der Waals surface area (Å²) in [5, 5.41) is 11.7. The van der Waals surface area contributed by atoms with Gasteiger partial charge in [0, 0.05) is 42.8 Å². The van der Waals surface area contributed by atoms with Crippen LogP contribution in [-0.4, -0.2) is 23.4 Å². The Morgan fingerprint density at radius 2 is 1.80 bits per heavy atom. The van der Waals surface area contributed by atoms with Crippen molar-refractivity contribution < 1.29 is 22.7 Å². The molecule has 0 bridgehead atoms. The fraction of sp³-hybridized carbons (Fsp3) is 0.0690. The van der Waals surface area contributed by atoms with Crippen LogP contribution in [0.2, 0.25) is 0 Å². The Morgan fingerprint density at radius 3 is 2.56 bits per heavy atom. The second kappa shape index (κ2) is 12.2. The van der Waals surface area contributed by atoms with Gasteiger partial charge in [0.05, 0.1) is 11.3 Å². The molecular weight excluding hydrogens is 535 g/mol.